The van der Waals surface area contributed by atoms with E-state index in [4.69, 9.17) is 9.47 Å². The van der Waals surface area contributed by atoms with Gasteiger partial charge in [0.05, 0.1) is 18.5 Å². The summed E-state index contributed by atoms with van der Waals surface area (Å²) in [7, 11) is 1.32. The van der Waals surface area contributed by atoms with Crippen molar-refractivity contribution in [2.24, 2.45) is 0 Å². The predicted octanol–water partition coefficient (Wildman–Crippen LogP) is 2.86. The van der Waals surface area contributed by atoms with E-state index in [1.54, 1.807) is 0 Å². The second-order valence-electron chi connectivity index (χ2n) is 5.54. The first-order valence-electron chi connectivity index (χ1n) is 7.88. The standard InChI is InChI=1S/C18H17FN2O6/c1-11(18(23)20-14-5-3-4-6-15(14)21(24)25)27-17(22)10-12-7-8-16(26-2)13(19)9-12/h3-9,11H,10H2,1-2H3,(H,20,23)/t11-/m1/s1. The van der Waals surface area contributed by atoms with Gasteiger partial charge >= 0.3 is 5.97 Å². The minimum Gasteiger partial charge on any atom is -0.494 e. The molecule has 0 aliphatic rings. The molecule has 2 aromatic carbocycles. The number of hydrogen-bond donors (Lipinski definition) is 1. The molecule has 27 heavy (non-hydrogen) atoms. The van der Waals surface area contributed by atoms with Crippen molar-refractivity contribution in [3.05, 3.63) is 64.0 Å². The summed E-state index contributed by atoms with van der Waals surface area (Å²) in [4.78, 5) is 34.4. The van der Waals surface area contributed by atoms with Crippen molar-refractivity contribution in [1.82, 2.24) is 0 Å². The van der Waals surface area contributed by atoms with Gasteiger partial charge in [-0.1, -0.05) is 18.2 Å². The zero-order chi connectivity index (χ0) is 20.0. The maximum absolute atomic E-state index is 13.6. The van der Waals surface area contributed by atoms with Gasteiger partial charge in [0.25, 0.3) is 11.6 Å². The number of halogens is 1. The average Bonchev–Trinajstić information content (AvgIpc) is 2.62. The number of nitro benzene ring substituents is 1. The van der Waals surface area contributed by atoms with Gasteiger partial charge in [0, 0.05) is 6.07 Å². The van der Waals surface area contributed by atoms with E-state index in [0.29, 0.717) is 5.56 Å². The van der Waals surface area contributed by atoms with Crippen molar-refractivity contribution in [2.45, 2.75) is 19.4 Å². The number of benzene rings is 2. The topological polar surface area (TPSA) is 108 Å². The van der Waals surface area contributed by atoms with Crippen molar-refractivity contribution in [3.8, 4) is 5.75 Å². The van der Waals surface area contributed by atoms with Gasteiger partial charge in [0.2, 0.25) is 0 Å². The Balaban J connectivity index is 1.97. The second-order valence-corrected chi connectivity index (χ2v) is 5.54. The number of nitrogens with one attached hydrogen (secondary N) is 1. The van der Waals surface area contributed by atoms with E-state index in [0.717, 1.165) is 6.07 Å². The highest BCUT2D eigenvalue weighted by Gasteiger charge is 2.21. The molecule has 9 heteroatoms. The Morgan fingerprint density at radius 3 is 2.59 bits per heavy atom. The summed E-state index contributed by atoms with van der Waals surface area (Å²) >= 11 is 0. The summed E-state index contributed by atoms with van der Waals surface area (Å²) in [5.74, 6) is -2.04. The molecule has 1 N–H and O–H groups in total. The number of nitro groups is 1. The number of methoxy groups -OCH3 is 1. The zero-order valence-electron chi connectivity index (χ0n) is 14.6. The fraction of sp³-hybridized carbons (Fsp3) is 0.222. The van der Waals surface area contributed by atoms with E-state index in [9.17, 15) is 24.1 Å². The number of ether oxygens (including phenoxy) is 2. The van der Waals surface area contributed by atoms with Crippen LogP contribution in [0.4, 0.5) is 15.8 Å². The molecule has 2 rings (SSSR count). The lowest BCUT2D eigenvalue weighted by atomic mass is 10.1. The monoisotopic (exact) mass is 376 g/mol. The first-order chi connectivity index (χ1) is 12.8. The molecule has 0 radical (unpaired) electrons. The van der Waals surface area contributed by atoms with Gasteiger partial charge in [-0.15, -0.1) is 0 Å². The summed E-state index contributed by atoms with van der Waals surface area (Å²) in [5, 5.41) is 13.3. The van der Waals surface area contributed by atoms with Gasteiger partial charge in [-0.05, 0) is 30.7 Å². The molecule has 0 fully saturated rings. The Bertz CT molecular complexity index is 871. The molecule has 142 valence electrons. The van der Waals surface area contributed by atoms with Gasteiger partial charge in [0.1, 0.15) is 5.69 Å². The predicted molar refractivity (Wildman–Crippen MR) is 93.9 cm³/mol. The summed E-state index contributed by atoms with van der Waals surface area (Å²) in [6.45, 7) is 1.33. The van der Waals surface area contributed by atoms with Crippen LogP contribution in [-0.4, -0.2) is 30.0 Å². The first-order valence-corrected chi connectivity index (χ1v) is 7.88. The summed E-state index contributed by atoms with van der Waals surface area (Å²) in [5.41, 5.74) is 0.0651. The van der Waals surface area contributed by atoms with Crippen molar-refractivity contribution >= 4 is 23.3 Å². The van der Waals surface area contributed by atoms with Crippen LogP contribution >= 0.6 is 0 Å². The molecular weight excluding hydrogens is 359 g/mol. The van der Waals surface area contributed by atoms with E-state index in [2.05, 4.69) is 5.32 Å². The highest BCUT2D eigenvalue weighted by atomic mass is 19.1. The normalized spacial score (nSPS) is 11.4. The maximum atomic E-state index is 13.6. The molecule has 0 heterocycles. The molecule has 8 nitrogen and oxygen atoms in total. The second kappa shape index (κ2) is 8.75. The third-order valence-electron chi connectivity index (χ3n) is 3.60. The van der Waals surface area contributed by atoms with Crippen LogP contribution in [0.1, 0.15) is 12.5 Å². The molecule has 1 amide bonds. The molecular formula is C18H17FN2O6. The molecule has 1 atom stereocenters. The first kappa shape index (κ1) is 19.8. The van der Waals surface area contributed by atoms with Gasteiger partial charge in [-0.2, -0.15) is 0 Å². The number of carbonyl (C=O) groups is 2. The van der Waals surface area contributed by atoms with Gasteiger partial charge in [-0.25, -0.2) is 4.39 Å². The average molecular weight is 376 g/mol. The van der Waals surface area contributed by atoms with Crippen LogP contribution in [0.25, 0.3) is 0 Å². The number of anilines is 1. The van der Waals surface area contributed by atoms with Crippen LogP contribution in [0.2, 0.25) is 0 Å². The number of amides is 1. The quantitative estimate of drug-likeness (QED) is 0.452. The third kappa shape index (κ3) is 5.24. The van der Waals surface area contributed by atoms with Crippen LogP contribution in [0.15, 0.2) is 42.5 Å². The molecule has 0 spiro atoms. The number of carbonyl (C=O) groups excluding carboxylic acids is 2. The lowest BCUT2D eigenvalue weighted by Crippen LogP contribution is -2.30. The minimum atomic E-state index is -1.19. The number of hydrogen-bond acceptors (Lipinski definition) is 6. The van der Waals surface area contributed by atoms with Crippen molar-refractivity contribution in [3.63, 3.8) is 0 Å². The van der Waals surface area contributed by atoms with Crippen molar-refractivity contribution in [1.29, 1.82) is 0 Å². The fourth-order valence-electron chi connectivity index (χ4n) is 2.25. The van der Waals surface area contributed by atoms with Crippen LogP contribution < -0.4 is 10.1 Å². The van der Waals surface area contributed by atoms with Crippen molar-refractivity contribution in [2.75, 3.05) is 12.4 Å². The lowest BCUT2D eigenvalue weighted by Gasteiger charge is -2.14. The molecule has 0 aromatic heterocycles. The third-order valence-corrected chi connectivity index (χ3v) is 3.60. The maximum Gasteiger partial charge on any atom is 0.311 e. The number of para-hydroxylation sites is 2. The van der Waals surface area contributed by atoms with E-state index >= 15 is 0 Å². The minimum absolute atomic E-state index is 0.00683. The molecule has 0 unspecified atom stereocenters. The molecule has 0 aliphatic heterocycles. The van der Waals surface area contributed by atoms with Gasteiger partial charge in [-0.3, -0.25) is 19.7 Å². The Kier molecular flexibility index (Phi) is 6.42. The highest BCUT2D eigenvalue weighted by Crippen LogP contribution is 2.23. The number of nitrogens with zero attached hydrogens (tertiary/aromatic N) is 1. The molecule has 0 bridgehead atoms. The van der Waals surface area contributed by atoms with E-state index < -0.39 is 28.7 Å². The number of rotatable bonds is 7. The fourth-order valence-corrected chi connectivity index (χ4v) is 2.25. The van der Waals surface area contributed by atoms with E-state index in [-0.39, 0.29) is 23.5 Å². The molecule has 0 saturated carbocycles. The molecule has 2 aromatic rings. The van der Waals surface area contributed by atoms with Crippen LogP contribution in [-0.2, 0) is 20.7 Å². The van der Waals surface area contributed by atoms with Crippen LogP contribution in [0, 0.1) is 15.9 Å². The smallest absolute Gasteiger partial charge is 0.311 e. The van der Waals surface area contributed by atoms with Crippen LogP contribution in [0.3, 0.4) is 0 Å². The molecule has 0 aliphatic carbocycles. The van der Waals surface area contributed by atoms with Crippen LogP contribution in [0.5, 0.6) is 5.75 Å². The van der Waals surface area contributed by atoms with Crippen molar-refractivity contribution < 1.29 is 28.4 Å². The number of esters is 1. The Morgan fingerprint density at radius 2 is 1.96 bits per heavy atom. The SMILES string of the molecule is COc1ccc(CC(=O)O[C@H](C)C(=O)Nc2ccccc2[N+](=O)[O-])cc1F. The summed E-state index contributed by atoms with van der Waals surface area (Å²) in [6, 6.07) is 9.61. The van der Waals surface area contributed by atoms with E-state index in [1.165, 1.54) is 50.4 Å². The van der Waals surface area contributed by atoms with E-state index in [1.807, 2.05) is 0 Å². The zero-order valence-corrected chi connectivity index (χ0v) is 14.6. The highest BCUT2D eigenvalue weighted by molar-refractivity contribution is 5.96. The lowest BCUT2D eigenvalue weighted by molar-refractivity contribution is -0.383. The van der Waals surface area contributed by atoms with Gasteiger partial charge < -0.3 is 14.8 Å². The molecule has 0 saturated heterocycles. The largest absolute Gasteiger partial charge is 0.494 e. The van der Waals surface area contributed by atoms with Gasteiger partial charge in [0.15, 0.2) is 17.7 Å². The summed E-state index contributed by atoms with van der Waals surface area (Å²) < 4.78 is 23.4. The Labute approximate surface area is 154 Å². The Morgan fingerprint density at radius 1 is 1.26 bits per heavy atom. The summed E-state index contributed by atoms with van der Waals surface area (Å²) in [6.07, 6.45) is -1.44. The Hall–Kier alpha value is -3.49.